The number of aromatic nitrogens is 2. The summed E-state index contributed by atoms with van der Waals surface area (Å²) in [6.45, 7) is 0. The number of hydrogen-bond donors (Lipinski definition) is 1. The normalized spacial score (nSPS) is 9.94. The van der Waals surface area contributed by atoms with Gasteiger partial charge in [0.1, 0.15) is 0 Å². The number of methoxy groups -OCH3 is 1. The van der Waals surface area contributed by atoms with Crippen LogP contribution in [0.4, 0.5) is 0 Å². The van der Waals surface area contributed by atoms with Gasteiger partial charge >= 0.3 is 5.97 Å². The Labute approximate surface area is 97.7 Å². The molecule has 0 aliphatic heterocycles. The number of aromatic carboxylic acids is 1. The lowest BCUT2D eigenvalue weighted by atomic mass is 10.1. The first kappa shape index (κ1) is 11.1. The molecule has 0 radical (unpaired) electrons. The Bertz CT molecular complexity index is 541. The maximum atomic E-state index is 10.9. The van der Waals surface area contributed by atoms with Gasteiger partial charge in [0.15, 0.2) is 0 Å². The quantitative estimate of drug-likeness (QED) is 0.871. The highest BCUT2D eigenvalue weighted by Crippen LogP contribution is 2.28. The van der Waals surface area contributed by atoms with Crippen LogP contribution in [-0.4, -0.2) is 28.2 Å². The fourth-order valence-corrected chi connectivity index (χ4v) is 1.47. The first-order valence-electron chi connectivity index (χ1n) is 4.90. The summed E-state index contributed by atoms with van der Waals surface area (Å²) in [5.74, 6) is -0.628. The monoisotopic (exact) mass is 230 g/mol. The summed E-state index contributed by atoms with van der Waals surface area (Å²) in [7, 11) is 1.49. The molecule has 5 heteroatoms. The number of pyridine rings is 2. The van der Waals surface area contributed by atoms with E-state index in [0.717, 1.165) is 5.56 Å². The van der Waals surface area contributed by atoms with Crippen molar-refractivity contribution in [3.05, 3.63) is 42.4 Å². The molecule has 0 aliphatic carbocycles. The molecule has 5 nitrogen and oxygen atoms in total. The molecule has 0 saturated carbocycles. The summed E-state index contributed by atoms with van der Waals surface area (Å²) in [5, 5.41) is 8.93. The Kier molecular flexibility index (Phi) is 3.00. The van der Waals surface area contributed by atoms with Crippen LogP contribution in [0.3, 0.4) is 0 Å². The third kappa shape index (κ3) is 2.23. The minimum absolute atomic E-state index is 0.123. The minimum Gasteiger partial charge on any atom is -0.481 e. The molecule has 2 rings (SSSR count). The third-order valence-electron chi connectivity index (χ3n) is 2.28. The van der Waals surface area contributed by atoms with Crippen LogP contribution in [0.2, 0.25) is 0 Å². The lowest BCUT2D eigenvalue weighted by molar-refractivity contribution is 0.0696. The van der Waals surface area contributed by atoms with Crippen LogP contribution in [0.5, 0.6) is 5.88 Å². The van der Waals surface area contributed by atoms with Gasteiger partial charge in [0, 0.05) is 24.2 Å². The van der Waals surface area contributed by atoms with Gasteiger partial charge in [-0.15, -0.1) is 0 Å². The highest BCUT2D eigenvalue weighted by Gasteiger charge is 2.11. The molecule has 0 aliphatic rings. The zero-order chi connectivity index (χ0) is 12.3. The smallest absolute Gasteiger partial charge is 0.337 e. The van der Waals surface area contributed by atoms with Gasteiger partial charge in [-0.25, -0.2) is 9.78 Å². The first-order valence-corrected chi connectivity index (χ1v) is 4.90. The molecule has 2 aromatic heterocycles. The first-order chi connectivity index (χ1) is 8.22. The second-order valence-electron chi connectivity index (χ2n) is 3.32. The molecule has 86 valence electrons. The van der Waals surface area contributed by atoms with Crippen molar-refractivity contribution >= 4 is 5.97 Å². The average molecular weight is 230 g/mol. The predicted octanol–water partition coefficient (Wildman–Crippen LogP) is 1.85. The molecular formula is C12H10N2O3. The van der Waals surface area contributed by atoms with Crippen LogP contribution in [-0.2, 0) is 0 Å². The van der Waals surface area contributed by atoms with Crippen LogP contribution >= 0.6 is 0 Å². The molecule has 0 fully saturated rings. The van der Waals surface area contributed by atoms with E-state index in [1.54, 1.807) is 24.5 Å². The fourth-order valence-electron chi connectivity index (χ4n) is 1.47. The number of ether oxygens (including phenoxy) is 1. The van der Waals surface area contributed by atoms with Crippen molar-refractivity contribution in [1.29, 1.82) is 0 Å². The topological polar surface area (TPSA) is 72.3 Å². The van der Waals surface area contributed by atoms with Gasteiger partial charge in [-0.3, -0.25) is 4.98 Å². The highest BCUT2D eigenvalue weighted by atomic mass is 16.5. The van der Waals surface area contributed by atoms with Gasteiger partial charge < -0.3 is 9.84 Å². The number of rotatable bonds is 3. The van der Waals surface area contributed by atoms with Crippen molar-refractivity contribution in [2.75, 3.05) is 7.11 Å². The molecule has 1 N–H and O–H groups in total. The Balaban J connectivity index is 2.58. The maximum Gasteiger partial charge on any atom is 0.337 e. The van der Waals surface area contributed by atoms with Gasteiger partial charge in [-0.05, 0) is 23.8 Å². The Morgan fingerprint density at radius 1 is 1.35 bits per heavy atom. The van der Waals surface area contributed by atoms with Crippen LogP contribution < -0.4 is 4.74 Å². The van der Waals surface area contributed by atoms with Crippen LogP contribution in [0.1, 0.15) is 10.4 Å². The van der Waals surface area contributed by atoms with Crippen molar-refractivity contribution < 1.29 is 14.6 Å². The van der Waals surface area contributed by atoms with Crippen molar-refractivity contribution in [1.82, 2.24) is 9.97 Å². The standard InChI is InChI=1S/C12H10N2O3/c1-17-11-10(8-2-4-13-5-3-8)6-9(7-14-11)12(15)16/h2-7H,1H3,(H,15,16). The zero-order valence-corrected chi connectivity index (χ0v) is 9.12. The molecule has 0 spiro atoms. The summed E-state index contributed by atoms with van der Waals surface area (Å²) in [6, 6.07) is 5.07. The van der Waals surface area contributed by atoms with Crippen molar-refractivity contribution in [2.24, 2.45) is 0 Å². The molecule has 0 unspecified atom stereocenters. The SMILES string of the molecule is COc1ncc(C(=O)O)cc1-c1ccncc1. The molecule has 2 aromatic rings. The number of hydrogen-bond acceptors (Lipinski definition) is 4. The van der Waals surface area contributed by atoms with Gasteiger partial charge in [0.05, 0.1) is 12.7 Å². The summed E-state index contributed by atoms with van der Waals surface area (Å²) in [6.07, 6.45) is 4.52. The van der Waals surface area contributed by atoms with Crippen molar-refractivity contribution in [3.63, 3.8) is 0 Å². The summed E-state index contributed by atoms with van der Waals surface area (Å²) >= 11 is 0. The van der Waals surface area contributed by atoms with E-state index >= 15 is 0 Å². The van der Waals surface area contributed by atoms with E-state index in [2.05, 4.69) is 9.97 Å². The lowest BCUT2D eigenvalue weighted by Crippen LogP contribution is -2.00. The number of carboxylic acid groups (broad SMARTS) is 1. The van der Waals surface area contributed by atoms with Crippen LogP contribution in [0.25, 0.3) is 11.1 Å². The van der Waals surface area contributed by atoms with Gasteiger partial charge in [0.25, 0.3) is 0 Å². The molecule has 0 bridgehead atoms. The van der Waals surface area contributed by atoms with E-state index in [4.69, 9.17) is 9.84 Å². The van der Waals surface area contributed by atoms with Crippen molar-refractivity contribution in [2.45, 2.75) is 0 Å². The Hall–Kier alpha value is -2.43. The minimum atomic E-state index is -1.02. The van der Waals surface area contributed by atoms with Crippen LogP contribution in [0, 0.1) is 0 Å². The fraction of sp³-hybridized carbons (Fsp3) is 0.0833. The van der Waals surface area contributed by atoms with E-state index in [0.29, 0.717) is 11.4 Å². The molecule has 2 heterocycles. The number of carbonyl (C=O) groups is 1. The van der Waals surface area contributed by atoms with E-state index in [-0.39, 0.29) is 5.56 Å². The number of nitrogens with zero attached hydrogens (tertiary/aromatic N) is 2. The summed E-state index contributed by atoms with van der Waals surface area (Å²) in [4.78, 5) is 18.8. The average Bonchev–Trinajstić information content (AvgIpc) is 2.39. The van der Waals surface area contributed by atoms with Gasteiger partial charge in [-0.2, -0.15) is 0 Å². The van der Waals surface area contributed by atoms with E-state index < -0.39 is 5.97 Å². The van der Waals surface area contributed by atoms with E-state index in [9.17, 15) is 4.79 Å². The molecule has 17 heavy (non-hydrogen) atoms. The van der Waals surface area contributed by atoms with E-state index in [1.807, 2.05) is 0 Å². The second kappa shape index (κ2) is 4.61. The summed E-state index contributed by atoms with van der Waals surface area (Å²) in [5.41, 5.74) is 1.57. The predicted molar refractivity (Wildman–Crippen MR) is 61.0 cm³/mol. The molecule has 0 aromatic carbocycles. The van der Waals surface area contributed by atoms with Gasteiger partial charge in [0.2, 0.25) is 5.88 Å². The Morgan fingerprint density at radius 3 is 2.65 bits per heavy atom. The lowest BCUT2D eigenvalue weighted by Gasteiger charge is -2.07. The molecule has 0 amide bonds. The van der Waals surface area contributed by atoms with Gasteiger partial charge in [-0.1, -0.05) is 0 Å². The second-order valence-corrected chi connectivity index (χ2v) is 3.32. The highest BCUT2D eigenvalue weighted by molar-refractivity contribution is 5.89. The summed E-state index contributed by atoms with van der Waals surface area (Å²) < 4.78 is 5.11. The zero-order valence-electron chi connectivity index (χ0n) is 9.12. The number of carboxylic acids is 1. The molecule has 0 atom stereocenters. The van der Waals surface area contributed by atoms with Crippen molar-refractivity contribution in [3.8, 4) is 17.0 Å². The third-order valence-corrected chi connectivity index (χ3v) is 2.28. The molecular weight excluding hydrogens is 220 g/mol. The van der Waals surface area contributed by atoms with E-state index in [1.165, 1.54) is 19.4 Å². The van der Waals surface area contributed by atoms with Crippen LogP contribution in [0.15, 0.2) is 36.8 Å². The largest absolute Gasteiger partial charge is 0.481 e. The Morgan fingerprint density at radius 2 is 2.06 bits per heavy atom. The maximum absolute atomic E-state index is 10.9. The molecule has 0 saturated heterocycles.